The molecule has 2 aliphatic heterocycles. The van der Waals surface area contributed by atoms with E-state index >= 15 is 0 Å². The van der Waals surface area contributed by atoms with Gasteiger partial charge in [-0.3, -0.25) is 9.69 Å². The van der Waals surface area contributed by atoms with E-state index in [2.05, 4.69) is 4.90 Å². The Labute approximate surface area is 194 Å². The first kappa shape index (κ1) is 22.8. The number of rotatable bonds is 7. The molecule has 2 aromatic carbocycles. The van der Waals surface area contributed by atoms with Crippen molar-refractivity contribution in [3.63, 3.8) is 0 Å². The van der Waals surface area contributed by atoms with E-state index in [1.165, 1.54) is 0 Å². The van der Waals surface area contributed by atoms with Crippen molar-refractivity contribution in [3.05, 3.63) is 47.5 Å². The average Bonchev–Trinajstić information content (AvgIpc) is 2.87. The summed E-state index contributed by atoms with van der Waals surface area (Å²) in [5.74, 6) is 3.47. The largest absolute Gasteiger partial charge is 0.497 e. The SMILES string of the molecule is COc1ccc(OC)c(CN2CCN(C(=O)/C=C/c3cc(OC)c4c(c3)OCCO4)CC2)c1. The smallest absolute Gasteiger partial charge is 0.246 e. The van der Waals surface area contributed by atoms with Crippen molar-refractivity contribution in [2.75, 3.05) is 60.7 Å². The number of hydrogen-bond donors (Lipinski definition) is 0. The molecular weight excluding hydrogens is 424 g/mol. The minimum absolute atomic E-state index is 0.0116. The average molecular weight is 455 g/mol. The van der Waals surface area contributed by atoms with Gasteiger partial charge in [0, 0.05) is 44.4 Å². The van der Waals surface area contributed by atoms with Crippen molar-refractivity contribution in [2.24, 2.45) is 0 Å². The van der Waals surface area contributed by atoms with Crippen molar-refractivity contribution >= 4 is 12.0 Å². The van der Waals surface area contributed by atoms with Crippen LogP contribution >= 0.6 is 0 Å². The lowest BCUT2D eigenvalue weighted by molar-refractivity contribution is -0.127. The monoisotopic (exact) mass is 454 g/mol. The van der Waals surface area contributed by atoms with Gasteiger partial charge in [0.05, 0.1) is 21.3 Å². The van der Waals surface area contributed by atoms with Crippen molar-refractivity contribution in [1.82, 2.24) is 9.80 Å². The Morgan fingerprint density at radius 2 is 1.70 bits per heavy atom. The summed E-state index contributed by atoms with van der Waals surface area (Å²) >= 11 is 0. The molecule has 0 unspecified atom stereocenters. The lowest BCUT2D eigenvalue weighted by Gasteiger charge is -2.34. The molecule has 8 nitrogen and oxygen atoms in total. The quantitative estimate of drug-likeness (QED) is 0.596. The topological polar surface area (TPSA) is 69.7 Å². The molecule has 4 rings (SSSR count). The number of nitrogens with zero attached hydrogens (tertiary/aromatic N) is 2. The molecule has 1 fully saturated rings. The molecule has 33 heavy (non-hydrogen) atoms. The molecule has 0 N–H and O–H groups in total. The summed E-state index contributed by atoms with van der Waals surface area (Å²) in [6.07, 6.45) is 3.39. The normalized spacial score (nSPS) is 16.0. The van der Waals surface area contributed by atoms with Gasteiger partial charge in [-0.1, -0.05) is 0 Å². The molecule has 2 heterocycles. The Balaban J connectivity index is 1.35. The van der Waals surface area contributed by atoms with Crippen LogP contribution < -0.4 is 23.7 Å². The number of hydrogen-bond acceptors (Lipinski definition) is 7. The van der Waals surface area contributed by atoms with Gasteiger partial charge in [0.25, 0.3) is 0 Å². The summed E-state index contributed by atoms with van der Waals surface area (Å²) in [5, 5.41) is 0. The lowest BCUT2D eigenvalue weighted by atomic mass is 10.1. The number of amides is 1. The van der Waals surface area contributed by atoms with Crippen LogP contribution in [0.1, 0.15) is 11.1 Å². The van der Waals surface area contributed by atoms with E-state index in [1.807, 2.05) is 35.2 Å². The van der Waals surface area contributed by atoms with Crippen LogP contribution in [0.5, 0.6) is 28.7 Å². The van der Waals surface area contributed by atoms with Gasteiger partial charge in [-0.05, 0) is 42.0 Å². The van der Waals surface area contributed by atoms with Crippen LogP contribution in [-0.4, -0.2) is 76.4 Å². The summed E-state index contributed by atoms with van der Waals surface area (Å²) in [7, 11) is 4.92. The van der Waals surface area contributed by atoms with Gasteiger partial charge in [-0.2, -0.15) is 0 Å². The molecule has 2 aliphatic rings. The number of carbonyl (C=O) groups is 1. The van der Waals surface area contributed by atoms with Crippen LogP contribution in [0.2, 0.25) is 0 Å². The maximum Gasteiger partial charge on any atom is 0.246 e. The lowest BCUT2D eigenvalue weighted by Crippen LogP contribution is -2.47. The van der Waals surface area contributed by atoms with Crippen molar-refractivity contribution < 1.29 is 28.5 Å². The number of fused-ring (bicyclic) bond motifs is 1. The minimum atomic E-state index is -0.0116. The van der Waals surface area contributed by atoms with E-state index in [1.54, 1.807) is 33.5 Å². The molecule has 0 aliphatic carbocycles. The third-order valence-corrected chi connectivity index (χ3v) is 5.83. The fourth-order valence-corrected chi connectivity index (χ4v) is 4.04. The maximum atomic E-state index is 12.8. The molecule has 2 aromatic rings. The zero-order chi connectivity index (χ0) is 23.2. The standard InChI is InChI=1S/C25H30N2O6/c1-29-20-5-6-21(30-2)19(16-20)17-26-8-10-27(11-9-26)24(28)7-4-18-14-22(31-3)25-23(15-18)32-12-13-33-25/h4-7,14-16H,8-13,17H2,1-3H3/b7-4+. The Kier molecular flexibility index (Phi) is 7.24. The highest BCUT2D eigenvalue weighted by Crippen LogP contribution is 2.40. The first-order valence-electron chi connectivity index (χ1n) is 11.0. The Hall–Kier alpha value is -3.39. The number of carbonyl (C=O) groups excluding carboxylic acids is 1. The van der Waals surface area contributed by atoms with Gasteiger partial charge < -0.3 is 28.6 Å². The van der Waals surface area contributed by atoms with Gasteiger partial charge in [-0.15, -0.1) is 0 Å². The van der Waals surface area contributed by atoms with E-state index in [0.29, 0.717) is 43.6 Å². The van der Waals surface area contributed by atoms with E-state index < -0.39 is 0 Å². The Bertz CT molecular complexity index is 997. The van der Waals surface area contributed by atoms with Crippen LogP contribution in [0.4, 0.5) is 0 Å². The van der Waals surface area contributed by atoms with Crippen LogP contribution in [-0.2, 0) is 11.3 Å². The van der Waals surface area contributed by atoms with E-state index in [-0.39, 0.29) is 5.91 Å². The summed E-state index contributed by atoms with van der Waals surface area (Å²) in [6, 6.07) is 9.52. The molecule has 1 amide bonds. The molecule has 0 radical (unpaired) electrons. The second-order valence-electron chi connectivity index (χ2n) is 7.86. The predicted octanol–water partition coefficient (Wildman–Crippen LogP) is 2.84. The molecule has 176 valence electrons. The first-order chi connectivity index (χ1) is 16.1. The summed E-state index contributed by atoms with van der Waals surface area (Å²) in [5.41, 5.74) is 1.90. The molecule has 0 atom stereocenters. The third-order valence-electron chi connectivity index (χ3n) is 5.83. The Morgan fingerprint density at radius 1 is 0.939 bits per heavy atom. The van der Waals surface area contributed by atoms with E-state index in [4.69, 9.17) is 23.7 Å². The van der Waals surface area contributed by atoms with Gasteiger partial charge in [0.15, 0.2) is 11.5 Å². The molecular formula is C25H30N2O6. The molecule has 8 heteroatoms. The third kappa shape index (κ3) is 5.34. The fourth-order valence-electron chi connectivity index (χ4n) is 4.04. The van der Waals surface area contributed by atoms with E-state index in [0.717, 1.165) is 42.3 Å². The molecule has 0 saturated carbocycles. The van der Waals surface area contributed by atoms with Crippen molar-refractivity contribution in [2.45, 2.75) is 6.54 Å². The van der Waals surface area contributed by atoms with Crippen LogP contribution in [0.15, 0.2) is 36.4 Å². The second kappa shape index (κ2) is 10.5. The van der Waals surface area contributed by atoms with Gasteiger partial charge in [0.1, 0.15) is 24.7 Å². The highest BCUT2D eigenvalue weighted by atomic mass is 16.6. The zero-order valence-electron chi connectivity index (χ0n) is 19.3. The highest BCUT2D eigenvalue weighted by Gasteiger charge is 2.21. The van der Waals surface area contributed by atoms with Crippen LogP contribution in [0.3, 0.4) is 0 Å². The van der Waals surface area contributed by atoms with Crippen molar-refractivity contribution in [1.29, 1.82) is 0 Å². The zero-order valence-corrected chi connectivity index (χ0v) is 19.3. The van der Waals surface area contributed by atoms with E-state index in [9.17, 15) is 4.79 Å². The molecule has 0 aromatic heterocycles. The Morgan fingerprint density at radius 3 is 2.42 bits per heavy atom. The second-order valence-corrected chi connectivity index (χ2v) is 7.86. The molecule has 1 saturated heterocycles. The number of benzene rings is 2. The van der Waals surface area contributed by atoms with Crippen LogP contribution in [0.25, 0.3) is 6.08 Å². The predicted molar refractivity (Wildman–Crippen MR) is 124 cm³/mol. The van der Waals surface area contributed by atoms with Crippen LogP contribution in [0, 0.1) is 0 Å². The fraction of sp³-hybridized carbons (Fsp3) is 0.400. The van der Waals surface area contributed by atoms with Gasteiger partial charge in [0.2, 0.25) is 11.7 Å². The number of piperazine rings is 1. The first-order valence-corrected chi connectivity index (χ1v) is 11.0. The molecule has 0 spiro atoms. The summed E-state index contributed by atoms with van der Waals surface area (Å²) in [4.78, 5) is 16.9. The molecule has 0 bridgehead atoms. The van der Waals surface area contributed by atoms with Gasteiger partial charge in [-0.25, -0.2) is 0 Å². The number of ether oxygens (including phenoxy) is 5. The van der Waals surface area contributed by atoms with Gasteiger partial charge >= 0.3 is 0 Å². The van der Waals surface area contributed by atoms with Crippen molar-refractivity contribution in [3.8, 4) is 28.7 Å². The minimum Gasteiger partial charge on any atom is -0.497 e. The highest BCUT2D eigenvalue weighted by molar-refractivity contribution is 5.92. The maximum absolute atomic E-state index is 12.8. The summed E-state index contributed by atoms with van der Waals surface area (Å²) in [6.45, 7) is 4.65. The summed E-state index contributed by atoms with van der Waals surface area (Å²) < 4.78 is 27.5. The number of methoxy groups -OCH3 is 3.